The number of carbonyl (C=O) groups is 1. The SMILES string of the molecule is Cc1cnccc1C(c1ccc(Br)cc1)N1CCCC(C(=O)O)C1. The second-order valence-corrected chi connectivity index (χ2v) is 7.27. The van der Waals surface area contributed by atoms with Gasteiger partial charge in [-0.15, -0.1) is 0 Å². The van der Waals surface area contributed by atoms with E-state index in [0.29, 0.717) is 6.54 Å². The van der Waals surface area contributed by atoms with Gasteiger partial charge in [0.05, 0.1) is 12.0 Å². The van der Waals surface area contributed by atoms with Crippen molar-refractivity contribution in [2.75, 3.05) is 13.1 Å². The number of aromatic nitrogens is 1. The van der Waals surface area contributed by atoms with Gasteiger partial charge in [-0.25, -0.2) is 0 Å². The van der Waals surface area contributed by atoms with E-state index in [4.69, 9.17) is 0 Å². The molecule has 1 N–H and O–H groups in total. The van der Waals surface area contributed by atoms with Crippen LogP contribution in [0.25, 0.3) is 0 Å². The van der Waals surface area contributed by atoms with Crippen LogP contribution in [0.2, 0.25) is 0 Å². The van der Waals surface area contributed by atoms with Gasteiger partial charge in [-0.2, -0.15) is 0 Å². The molecule has 0 saturated carbocycles. The van der Waals surface area contributed by atoms with Crippen molar-refractivity contribution in [2.24, 2.45) is 5.92 Å². The molecule has 1 aliphatic heterocycles. The number of hydrogen-bond donors (Lipinski definition) is 1. The third kappa shape index (κ3) is 3.68. The smallest absolute Gasteiger partial charge is 0.307 e. The van der Waals surface area contributed by atoms with Gasteiger partial charge in [0.2, 0.25) is 0 Å². The summed E-state index contributed by atoms with van der Waals surface area (Å²) in [5.74, 6) is -0.987. The highest BCUT2D eigenvalue weighted by Gasteiger charge is 2.31. The Bertz CT molecular complexity index is 718. The first-order valence-electron chi connectivity index (χ1n) is 8.19. The molecule has 2 heterocycles. The van der Waals surface area contributed by atoms with Crippen LogP contribution in [0.3, 0.4) is 0 Å². The zero-order valence-corrected chi connectivity index (χ0v) is 15.2. The van der Waals surface area contributed by atoms with Crippen LogP contribution in [-0.4, -0.2) is 34.0 Å². The minimum absolute atomic E-state index is 0.0586. The lowest BCUT2D eigenvalue weighted by molar-refractivity contribution is -0.143. The number of carboxylic acid groups (broad SMARTS) is 1. The van der Waals surface area contributed by atoms with Gasteiger partial charge in [0.1, 0.15) is 0 Å². The van der Waals surface area contributed by atoms with E-state index in [1.165, 1.54) is 11.1 Å². The molecule has 24 heavy (non-hydrogen) atoms. The van der Waals surface area contributed by atoms with Crippen LogP contribution in [0.1, 0.15) is 35.6 Å². The van der Waals surface area contributed by atoms with E-state index in [-0.39, 0.29) is 12.0 Å². The molecule has 2 atom stereocenters. The highest BCUT2D eigenvalue weighted by atomic mass is 79.9. The third-order valence-corrected chi connectivity index (χ3v) is 5.24. The Morgan fingerprint density at radius 3 is 2.75 bits per heavy atom. The van der Waals surface area contributed by atoms with Crippen LogP contribution in [0, 0.1) is 12.8 Å². The fraction of sp³-hybridized carbons (Fsp3) is 0.368. The van der Waals surface area contributed by atoms with E-state index < -0.39 is 5.97 Å². The molecule has 2 aromatic rings. The summed E-state index contributed by atoms with van der Waals surface area (Å²) >= 11 is 3.49. The van der Waals surface area contributed by atoms with E-state index in [1.54, 1.807) is 0 Å². The summed E-state index contributed by atoms with van der Waals surface area (Å²) in [5.41, 5.74) is 3.50. The second-order valence-electron chi connectivity index (χ2n) is 6.36. The number of aryl methyl sites for hydroxylation is 1. The zero-order valence-electron chi connectivity index (χ0n) is 13.7. The molecule has 1 aromatic carbocycles. The highest BCUT2D eigenvalue weighted by Crippen LogP contribution is 2.34. The Balaban J connectivity index is 2.00. The van der Waals surface area contributed by atoms with Gasteiger partial charge < -0.3 is 5.11 Å². The van der Waals surface area contributed by atoms with E-state index in [1.807, 2.05) is 30.6 Å². The number of rotatable bonds is 4. The van der Waals surface area contributed by atoms with Crippen molar-refractivity contribution in [3.05, 3.63) is 63.9 Å². The largest absolute Gasteiger partial charge is 0.481 e. The van der Waals surface area contributed by atoms with E-state index in [0.717, 1.165) is 29.4 Å². The topological polar surface area (TPSA) is 53.4 Å². The van der Waals surface area contributed by atoms with E-state index in [2.05, 4.69) is 44.9 Å². The van der Waals surface area contributed by atoms with E-state index >= 15 is 0 Å². The predicted molar refractivity (Wildman–Crippen MR) is 96.9 cm³/mol. The van der Waals surface area contributed by atoms with Gasteiger partial charge in [-0.1, -0.05) is 28.1 Å². The normalized spacial score (nSPS) is 19.8. The molecule has 0 spiro atoms. The predicted octanol–water partition coefficient (Wildman–Crippen LogP) is 4.04. The molecule has 126 valence electrons. The van der Waals surface area contributed by atoms with Crippen LogP contribution in [0.4, 0.5) is 0 Å². The summed E-state index contributed by atoms with van der Waals surface area (Å²) in [6, 6.07) is 10.4. The lowest BCUT2D eigenvalue weighted by atomic mass is 9.90. The van der Waals surface area contributed by atoms with Crippen molar-refractivity contribution in [1.29, 1.82) is 0 Å². The van der Waals surface area contributed by atoms with Gasteiger partial charge in [0, 0.05) is 23.4 Å². The van der Waals surface area contributed by atoms with Crippen molar-refractivity contribution in [1.82, 2.24) is 9.88 Å². The molecule has 1 aliphatic rings. The van der Waals surface area contributed by atoms with E-state index in [9.17, 15) is 9.90 Å². The molecule has 1 fully saturated rings. The Kier molecular flexibility index (Phi) is 5.31. The molecule has 1 aromatic heterocycles. The molecular formula is C19H21BrN2O2. The maximum atomic E-state index is 11.5. The Hall–Kier alpha value is -1.72. The van der Waals surface area contributed by atoms with Gasteiger partial charge in [0.15, 0.2) is 0 Å². The Labute approximate surface area is 150 Å². The van der Waals surface area contributed by atoms with Crippen LogP contribution in [0.5, 0.6) is 0 Å². The second kappa shape index (κ2) is 7.45. The fourth-order valence-electron chi connectivity index (χ4n) is 3.47. The summed E-state index contributed by atoms with van der Waals surface area (Å²) in [7, 11) is 0. The monoisotopic (exact) mass is 388 g/mol. The number of piperidine rings is 1. The molecule has 5 heteroatoms. The summed E-state index contributed by atoms with van der Waals surface area (Å²) in [4.78, 5) is 18.0. The first-order valence-corrected chi connectivity index (χ1v) is 8.98. The van der Waals surface area contributed by atoms with Crippen LogP contribution < -0.4 is 0 Å². The maximum absolute atomic E-state index is 11.5. The third-order valence-electron chi connectivity index (χ3n) is 4.71. The lowest BCUT2D eigenvalue weighted by Crippen LogP contribution is -2.41. The average Bonchev–Trinajstić information content (AvgIpc) is 2.59. The minimum Gasteiger partial charge on any atom is -0.481 e. The standard InChI is InChI=1S/C19H21BrN2O2/c1-13-11-21-9-8-17(13)18(14-4-6-16(20)7-5-14)22-10-2-3-15(12-22)19(23)24/h4-9,11,15,18H,2-3,10,12H2,1H3,(H,23,24). The van der Waals surface area contributed by atoms with Gasteiger partial charge in [-0.3, -0.25) is 14.7 Å². The van der Waals surface area contributed by atoms with Crippen LogP contribution in [0.15, 0.2) is 47.2 Å². The number of likely N-dealkylation sites (tertiary alicyclic amines) is 1. The van der Waals surface area contributed by atoms with Crippen molar-refractivity contribution in [2.45, 2.75) is 25.8 Å². The van der Waals surface area contributed by atoms with Crippen molar-refractivity contribution >= 4 is 21.9 Å². The number of halogens is 1. The van der Waals surface area contributed by atoms with Crippen LogP contribution in [-0.2, 0) is 4.79 Å². The van der Waals surface area contributed by atoms with Crippen molar-refractivity contribution in [3.8, 4) is 0 Å². The highest BCUT2D eigenvalue weighted by molar-refractivity contribution is 9.10. The number of nitrogens with zero attached hydrogens (tertiary/aromatic N) is 2. The molecule has 3 rings (SSSR count). The zero-order chi connectivity index (χ0) is 17.1. The molecule has 0 bridgehead atoms. The number of aliphatic carboxylic acids is 1. The van der Waals surface area contributed by atoms with Gasteiger partial charge in [0.25, 0.3) is 0 Å². The minimum atomic E-state index is -0.694. The van der Waals surface area contributed by atoms with Gasteiger partial charge >= 0.3 is 5.97 Å². The van der Waals surface area contributed by atoms with Crippen molar-refractivity contribution < 1.29 is 9.90 Å². The number of hydrogen-bond acceptors (Lipinski definition) is 3. The number of pyridine rings is 1. The number of carboxylic acids is 1. The average molecular weight is 389 g/mol. The van der Waals surface area contributed by atoms with Gasteiger partial charge in [-0.05, 0) is 61.2 Å². The first kappa shape index (κ1) is 17.1. The summed E-state index contributed by atoms with van der Waals surface area (Å²) < 4.78 is 1.04. The lowest BCUT2D eigenvalue weighted by Gasteiger charge is -2.38. The molecule has 4 nitrogen and oxygen atoms in total. The molecule has 0 radical (unpaired) electrons. The van der Waals surface area contributed by atoms with Crippen LogP contribution >= 0.6 is 15.9 Å². The molecule has 1 saturated heterocycles. The molecule has 2 unspecified atom stereocenters. The summed E-state index contributed by atoms with van der Waals surface area (Å²) in [6.45, 7) is 3.55. The fourth-order valence-corrected chi connectivity index (χ4v) is 3.73. The van der Waals surface area contributed by atoms with Crippen molar-refractivity contribution in [3.63, 3.8) is 0 Å². The Morgan fingerprint density at radius 1 is 1.33 bits per heavy atom. The summed E-state index contributed by atoms with van der Waals surface area (Å²) in [6.07, 6.45) is 5.36. The molecular weight excluding hydrogens is 368 g/mol. The first-order chi connectivity index (χ1) is 11.6. The quantitative estimate of drug-likeness (QED) is 0.858. The number of benzene rings is 1. The molecule has 0 aliphatic carbocycles. The summed E-state index contributed by atoms with van der Waals surface area (Å²) in [5, 5.41) is 9.43. The Morgan fingerprint density at radius 2 is 2.08 bits per heavy atom. The molecule has 0 amide bonds. The maximum Gasteiger partial charge on any atom is 0.307 e.